The number of rotatable bonds is 3. The topological polar surface area (TPSA) is 55.1 Å². The minimum atomic E-state index is -0.379. The zero-order chi connectivity index (χ0) is 10.4. The molecule has 1 saturated heterocycles. The highest BCUT2D eigenvalue weighted by molar-refractivity contribution is 7.99. The minimum absolute atomic E-state index is 0.0260. The largest absolute Gasteiger partial charge is 0.354 e. The van der Waals surface area contributed by atoms with Crippen LogP contribution in [0.4, 0.5) is 0 Å². The van der Waals surface area contributed by atoms with Crippen molar-refractivity contribution in [1.29, 1.82) is 0 Å². The molecule has 0 aromatic heterocycles. The van der Waals surface area contributed by atoms with Gasteiger partial charge in [0.1, 0.15) is 0 Å². The number of carbonyl (C=O) groups is 1. The molecule has 0 radical (unpaired) electrons. The van der Waals surface area contributed by atoms with Gasteiger partial charge in [0.15, 0.2) is 0 Å². The maximum Gasteiger partial charge on any atom is 0.236 e. The third-order valence-electron chi connectivity index (χ3n) is 2.55. The quantitative estimate of drug-likeness (QED) is 0.739. The van der Waals surface area contributed by atoms with Crippen molar-refractivity contribution >= 4 is 17.7 Å². The summed E-state index contributed by atoms with van der Waals surface area (Å²) in [7, 11) is 0. The Labute approximate surface area is 90.2 Å². The molecular formula is C10H20N2OS. The van der Waals surface area contributed by atoms with E-state index in [4.69, 9.17) is 5.73 Å². The van der Waals surface area contributed by atoms with Gasteiger partial charge in [-0.05, 0) is 43.6 Å². The van der Waals surface area contributed by atoms with Crippen LogP contribution >= 0.6 is 11.8 Å². The minimum Gasteiger partial charge on any atom is -0.354 e. The molecule has 3 N–H and O–H groups in total. The number of hydrogen-bond donors (Lipinski definition) is 2. The molecule has 1 amide bonds. The first kappa shape index (κ1) is 11.9. The lowest BCUT2D eigenvalue weighted by Crippen LogP contribution is -2.40. The van der Waals surface area contributed by atoms with E-state index in [0.29, 0.717) is 5.92 Å². The van der Waals surface area contributed by atoms with Crippen molar-refractivity contribution in [1.82, 2.24) is 5.32 Å². The average Bonchev–Trinajstić information content (AvgIpc) is 2.42. The third-order valence-corrected chi connectivity index (χ3v) is 3.65. The molecule has 1 aliphatic heterocycles. The first-order valence-electron chi connectivity index (χ1n) is 5.31. The van der Waals surface area contributed by atoms with Crippen LogP contribution in [0.25, 0.3) is 0 Å². The molecule has 82 valence electrons. The molecule has 1 unspecified atom stereocenters. The molecule has 0 aromatic rings. The summed E-state index contributed by atoms with van der Waals surface area (Å²) in [5.41, 5.74) is 5.47. The normalized spacial score (nSPS) is 25.1. The lowest BCUT2D eigenvalue weighted by molar-refractivity contribution is -0.122. The van der Waals surface area contributed by atoms with Gasteiger partial charge in [0.2, 0.25) is 5.91 Å². The molecule has 4 heteroatoms. The van der Waals surface area contributed by atoms with Crippen LogP contribution in [0.2, 0.25) is 0 Å². The van der Waals surface area contributed by atoms with Crippen molar-refractivity contribution < 1.29 is 4.79 Å². The second-order valence-electron chi connectivity index (χ2n) is 3.94. The number of thioether (sulfide) groups is 1. The summed E-state index contributed by atoms with van der Waals surface area (Å²) < 4.78 is 0. The van der Waals surface area contributed by atoms with Gasteiger partial charge in [-0.25, -0.2) is 0 Å². The lowest BCUT2D eigenvalue weighted by atomic mass is 10.0. The highest BCUT2D eigenvalue weighted by Gasteiger charge is 2.14. The molecule has 14 heavy (non-hydrogen) atoms. The van der Waals surface area contributed by atoms with Gasteiger partial charge in [-0.2, -0.15) is 11.8 Å². The molecule has 0 aromatic carbocycles. The molecule has 0 spiro atoms. The summed E-state index contributed by atoms with van der Waals surface area (Å²) in [5, 5.41) is 2.91. The van der Waals surface area contributed by atoms with E-state index in [1.807, 2.05) is 11.8 Å². The maximum absolute atomic E-state index is 11.2. The van der Waals surface area contributed by atoms with Crippen LogP contribution in [0.15, 0.2) is 0 Å². The molecule has 1 fully saturated rings. The molecular weight excluding hydrogens is 196 g/mol. The zero-order valence-corrected chi connectivity index (χ0v) is 9.61. The monoisotopic (exact) mass is 216 g/mol. The van der Waals surface area contributed by atoms with Crippen molar-refractivity contribution in [2.45, 2.75) is 32.2 Å². The highest BCUT2D eigenvalue weighted by atomic mass is 32.2. The number of carbonyl (C=O) groups excluding carboxylic acids is 1. The maximum atomic E-state index is 11.2. The summed E-state index contributed by atoms with van der Waals surface area (Å²) in [5.74, 6) is 3.14. The first-order chi connectivity index (χ1) is 6.70. The van der Waals surface area contributed by atoms with Crippen molar-refractivity contribution in [3.05, 3.63) is 0 Å². The molecule has 1 heterocycles. The second-order valence-corrected chi connectivity index (χ2v) is 5.17. The lowest BCUT2D eigenvalue weighted by Gasteiger charge is -2.15. The van der Waals surface area contributed by atoms with Gasteiger partial charge in [-0.15, -0.1) is 0 Å². The number of amides is 1. The van der Waals surface area contributed by atoms with Gasteiger partial charge in [0, 0.05) is 6.54 Å². The molecule has 2 atom stereocenters. The summed E-state index contributed by atoms with van der Waals surface area (Å²) >= 11 is 2.02. The van der Waals surface area contributed by atoms with Crippen LogP contribution in [0.3, 0.4) is 0 Å². The van der Waals surface area contributed by atoms with E-state index in [-0.39, 0.29) is 11.9 Å². The number of hydrogen-bond acceptors (Lipinski definition) is 3. The van der Waals surface area contributed by atoms with Gasteiger partial charge in [-0.1, -0.05) is 0 Å². The Kier molecular flexibility index (Phi) is 5.33. The first-order valence-corrected chi connectivity index (χ1v) is 6.46. The smallest absolute Gasteiger partial charge is 0.236 e. The van der Waals surface area contributed by atoms with Crippen LogP contribution in [0, 0.1) is 5.92 Å². The van der Waals surface area contributed by atoms with Gasteiger partial charge >= 0.3 is 0 Å². The second kappa shape index (κ2) is 6.30. The van der Waals surface area contributed by atoms with Crippen LogP contribution in [-0.4, -0.2) is 30.0 Å². The summed E-state index contributed by atoms with van der Waals surface area (Å²) in [4.78, 5) is 11.2. The van der Waals surface area contributed by atoms with E-state index in [1.54, 1.807) is 6.92 Å². The molecule has 0 aliphatic carbocycles. The zero-order valence-electron chi connectivity index (χ0n) is 8.79. The molecule has 1 rings (SSSR count). The SMILES string of the molecule is C[C@H](N)C(=O)NCC1CCCSCC1. The average molecular weight is 216 g/mol. The Balaban J connectivity index is 2.19. The Bertz CT molecular complexity index is 177. The Hall–Kier alpha value is -0.220. The summed E-state index contributed by atoms with van der Waals surface area (Å²) in [6, 6.07) is -0.379. The fourth-order valence-electron chi connectivity index (χ4n) is 1.58. The van der Waals surface area contributed by atoms with Gasteiger partial charge in [-0.3, -0.25) is 4.79 Å². The predicted octanol–water partition coefficient (Wildman–Crippen LogP) is 0.983. The van der Waals surface area contributed by atoms with Crippen molar-refractivity contribution in [3.63, 3.8) is 0 Å². The van der Waals surface area contributed by atoms with Crippen LogP contribution < -0.4 is 11.1 Å². The van der Waals surface area contributed by atoms with E-state index in [9.17, 15) is 4.79 Å². The van der Waals surface area contributed by atoms with Crippen LogP contribution in [0.5, 0.6) is 0 Å². The van der Waals surface area contributed by atoms with Gasteiger partial charge in [0.25, 0.3) is 0 Å². The third kappa shape index (κ3) is 4.33. The number of nitrogens with two attached hydrogens (primary N) is 1. The van der Waals surface area contributed by atoms with Crippen LogP contribution in [0.1, 0.15) is 26.2 Å². The fourth-order valence-corrected chi connectivity index (χ4v) is 2.66. The van der Waals surface area contributed by atoms with Crippen molar-refractivity contribution in [2.75, 3.05) is 18.1 Å². The Morgan fingerprint density at radius 3 is 3.07 bits per heavy atom. The summed E-state index contributed by atoms with van der Waals surface area (Å²) in [6.45, 7) is 2.53. The van der Waals surface area contributed by atoms with E-state index < -0.39 is 0 Å². The molecule has 0 bridgehead atoms. The van der Waals surface area contributed by atoms with Crippen molar-refractivity contribution in [2.24, 2.45) is 11.7 Å². The van der Waals surface area contributed by atoms with Gasteiger partial charge < -0.3 is 11.1 Å². The molecule has 1 aliphatic rings. The van der Waals surface area contributed by atoms with Gasteiger partial charge in [0.05, 0.1) is 6.04 Å². The molecule has 0 saturated carbocycles. The summed E-state index contributed by atoms with van der Waals surface area (Å²) in [6.07, 6.45) is 3.75. The highest BCUT2D eigenvalue weighted by Crippen LogP contribution is 2.21. The van der Waals surface area contributed by atoms with E-state index in [2.05, 4.69) is 5.32 Å². The van der Waals surface area contributed by atoms with E-state index in [1.165, 1.54) is 30.8 Å². The predicted molar refractivity (Wildman–Crippen MR) is 61.3 cm³/mol. The fraction of sp³-hybridized carbons (Fsp3) is 0.900. The number of nitrogens with one attached hydrogen (secondary N) is 1. The standard InChI is InChI=1S/C10H20N2OS/c1-8(11)10(13)12-7-9-3-2-5-14-6-4-9/h8-9H,2-7,11H2,1H3,(H,12,13)/t8-,9?/m0/s1. The van der Waals surface area contributed by atoms with Crippen molar-refractivity contribution in [3.8, 4) is 0 Å². The van der Waals surface area contributed by atoms with Crippen LogP contribution in [-0.2, 0) is 4.79 Å². The Morgan fingerprint density at radius 2 is 2.36 bits per heavy atom. The molecule has 3 nitrogen and oxygen atoms in total. The van der Waals surface area contributed by atoms with E-state index in [0.717, 1.165) is 6.54 Å². The Morgan fingerprint density at radius 1 is 1.57 bits per heavy atom. The van der Waals surface area contributed by atoms with E-state index >= 15 is 0 Å².